The number of aryl methyl sites for hydroxylation is 1. The third-order valence-electron chi connectivity index (χ3n) is 2.02. The topological polar surface area (TPSA) is 43.3 Å². The summed E-state index contributed by atoms with van der Waals surface area (Å²) in [7, 11) is 0. The van der Waals surface area contributed by atoms with Gasteiger partial charge in [0.2, 0.25) is 0 Å². The molecule has 2 aromatic rings. The van der Waals surface area contributed by atoms with Crippen LogP contribution in [0.4, 0.5) is 5.69 Å². The van der Waals surface area contributed by atoms with Crippen molar-refractivity contribution in [1.29, 1.82) is 0 Å². The quantitative estimate of drug-likeness (QED) is 0.605. The van der Waals surface area contributed by atoms with Gasteiger partial charge in [-0.05, 0) is 25.0 Å². The number of nitrogen functional groups attached to an aromatic ring is 1. The number of aromatic nitrogens is 2. The number of hydrogen-bond donors (Lipinski definition) is 1. The first-order valence-electron chi connectivity index (χ1n) is 3.93. The van der Waals surface area contributed by atoms with Gasteiger partial charge >= 0.3 is 0 Å². The van der Waals surface area contributed by atoms with Gasteiger partial charge in [-0.3, -0.25) is 0 Å². The second-order valence-corrected chi connectivity index (χ2v) is 2.88. The van der Waals surface area contributed by atoms with Crippen LogP contribution in [-0.4, -0.2) is 9.38 Å². The van der Waals surface area contributed by atoms with Crippen LogP contribution in [-0.2, 0) is 0 Å². The number of anilines is 1. The SMILES string of the molecule is C#Cc1nc2ccc(N)cn2c1C. The minimum absolute atomic E-state index is 0.672. The van der Waals surface area contributed by atoms with Gasteiger partial charge in [0.25, 0.3) is 0 Å². The molecule has 0 atom stereocenters. The minimum Gasteiger partial charge on any atom is -0.398 e. The van der Waals surface area contributed by atoms with Crippen molar-refractivity contribution in [2.75, 3.05) is 5.73 Å². The molecule has 0 spiro atoms. The van der Waals surface area contributed by atoms with Crippen molar-refractivity contribution in [3.05, 3.63) is 29.7 Å². The minimum atomic E-state index is 0.672. The second-order valence-electron chi connectivity index (χ2n) is 2.88. The Labute approximate surface area is 76.2 Å². The van der Waals surface area contributed by atoms with E-state index < -0.39 is 0 Å². The van der Waals surface area contributed by atoms with E-state index in [4.69, 9.17) is 12.2 Å². The Morgan fingerprint density at radius 3 is 3.00 bits per heavy atom. The average Bonchev–Trinajstić information content (AvgIpc) is 2.44. The molecule has 3 nitrogen and oxygen atoms in total. The van der Waals surface area contributed by atoms with Gasteiger partial charge in [0.1, 0.15) is 11.3 Å². The van der Waals surface area contributed by atoms with Crippen molar-refractivity contribution in [3.8, 4) is 12.3 Å². The van der Waals surface area contributed by atoms with E-state index in [-0.39, 0.29) is 0 Å². The summed E-state index contributed by atoms with van der Waals surface area (Å²) < 4.78 is 1.89. The van der Waals surface area contributed by atoms with Crippen molar-refractivity contribution in [2.45, 2.75) is 6.92 Å². The highest BCUT2D eigenvalue weighted by atomic mass is 15.0. The standard InChI is InChI=1S/C10H9N3/c1-3-9-7(2)13-6-8(11)4-5-10(13)12-9/h1,4-6H,11H2,2H3. The van der Waals surface area contributed by atoms with Crippen molar-refractivity contribution in [2.24, 2.45) is 0 Å². The summed E-state index contributed by atoms with van der Waals surface area (Å²) in [4.78, 5) is 4.24. The molecule has 13 heavy (non-hydrogen) atoms. The number of rotatable bonds is 0. The van der Waals surface area contributed by atoms with Gasteiger partial charge in [-0.15, -0.1) is 6.42 Å². The molecular weight excluding hydrogens is 162 g/mol. The van der Waals surface area contributed by atoms with Gasteiger partial charge in [-0.25, -0.2) is 4.98 Å². The first-order chi connectivity index (χ1) is 6.22. The number of fused-ring (bicyclic) bond motifs is 1. The summed E-state index contributed by atoms with van der Waals surface area (Å²) in [6.07, 6.45) is 7.11. The maximum atomic E-state index is 5.64. The van der Waals surface area contributed by atoms with Gasteiger partial charge < -0.3 is 10.1 Å². The molecule has 0 unspecified atom stereocenters. The smallest absolute Gasteiger partial charge is 0.138 e. The fourth-order valence-corrected chi connectivity index (χ4v) is 1.32. The Morgan fingerprint density at radius 1 is 1.54 bits per heavy atom. The molecule has 2 N–H and O–H groups in total. The highest BCUT2D eigenvalue weighted by Gasteiger charge is 2.04. The summed E-state index contributed by atoms with van der Waals surface area (Å²) in [6, 6.07) is 3.66. The van der Waals surface area contributed by atoms with Gasteiger partial charge in [0.05, 0.1) is 5.69 Å². The van der Waals surface area contributed by atoms with E-state index in [2.05, 4.69) is 10.9 Å². The predicted molar refractivity (Wildman–Crippen MR) is 52.3 cm³/mol. The number of nitrogens with two attached hydrogens (primary N) is 1. The van der Waals surface area contributed by atoms with Crippen LogP contribution in [0.15, 0.2) is 18.3 Å². The van der Waals surface area contributed by atoms with E-state index in [0.29, 0.717) is 11.4 Å². The Kier molecular flexibility index (Phi) is 1.49. The molecule has 0 saturated heterocycles. The first kappa shape index (κ1) is 7.69. The lowest BCUT2D eigenvalue weighted by Crippen LogP contribution is -1.91. The van der Waals surface area contributed by atoms with Gasteiger partial charge in [0, 0.05) is 11.9 Å². The highest BCUT2D eigenvalue weighted by Crippen LogP contribution is 2.12. The van der Waals surface area contributed by atoms with Crippen LogP contribution in [0.25, 0.3) is 5.65 Å². The third kappa shape index (κ3) is 1.04. The molecule has 0 saturated carbocycles. The Bertz CT molecular complexity index is 503. The zero-order valence-corrected chi connectivity index (χ0v) is 7.28. The van der Waals surface area contributed by atoms with E-state index in [1.165, 1.54) is 0 Å². The maximum Gasteiger partial charge on any atom is 0.138 e. The van der Waals surface area contributed by atoms with Crippen LogP contribution in [0.5, 0.6) is 0 Å². The molecule has 0 aliphatic heterocycles. The normalized spacial score (nSPS) is 10.2. The Hall–Kier alpha value is -1.95. The monoisotopic (exact) mass is 171 g/mol. The molecule has 2 aromatic heterocycles. The average molecular weight is 171 g/mol. The van der Waals surface area contributed by atoms with Crippen LogP contribution in [0, 0.1) is 19.3 Å². The molecule has 0 aliphatic rings. The zero-order chi connectivity index (χ0) is 9.42. The summed E-state index contributed by atoms with van der Waals surface area (Å²) in [5.41, 5.74) is 8.80. The summed E-state index contributed by atoms with van der Waals surface area (Å²) in [6.45, 7) is 1.93. The van der Waals surface area contributed by atoms with Crippen LogP contribution >= 0.6 is 0 Å². The fourth-order valence-electron chi connectivity index (χ4n) is 1.32. The molecule has 2 heterocycles. The molecular formula is C10H9N3. The summed E-state index contributed by atoms with van der Waals surface area (Å²) in [5.74, 6) is 2.53. The molecule has 0 aliphatic carbocycles. The lowest BCUT2D eigenvalue weighted by atomic mass is 10.3. The first-order valence-corrected chi connectivity index (χ1v) is 3.93. The summed E-state index contributed by atoms with van der Waals surface area (Å²) >= 11 is 0. The van der Waals surface area contributed by atoms with E-state index in [0.717, 1.165) is 11.3 Å². The van der Waals surface area contributed by atoms with Crippen LogP contribution < -0.4 is 5.73 Å². The maximum absolute atomic E-state index is 5.64. The Balaban J connectivity index is 2.87. The number of pyridine rings is 1. The summed E-state index contributed by atoms with van der Waals surface area (Å²) in [5, 5.41) is 0. The van der Waals surface area contributed by atoms with E-state index >= 15 is 0 Å². The molecule has 0 aromatic carbocycles. The van der Waals surface area contributed by atoms with Crippen molar-refractivity contribution < 1.29 is 0 Å². The van der Waals surface area contributed by atoms with E-state index in [1.54, 1.807) is 0 Å². The van der Waals surface area contributed by atoms with Gasteiger partial charge in [-0.2, -0.15) is 0 Å². The zero-order valence-electron chi connectivity index (χ0n) is 7.28. The number of terminal acetylenes is 1. The van der Waals surface area contributed by atoms with Crippen molar-refractivity contribution >= 4 is 11.3 Å². The van der Waals surface area contributed by atoms with Gasteiger partial charge in [0.15, 0.2) is 0 Å². The van der Waals surface area contributed by atoms with Crippen LogP contribution in [0.2, 0.25) is 0 Å². The van der Waals surface area contributed by atoms with Crippen molar-refractivity contribution in [1.82, 2.24) is 9.38 Å². The number of nitrogens with zero attached hydrogens (tertiary/aromatic N) is 2. The largest absolute Gasteiger partial charge is 0.398 e. The Morgan fingerprint density at radius 2 is 2.31 bits per heavy atom. The fraction of sp³-hybridized carbons (Fsp3) is 0.100. The van der Waals surface area contributed by atoms with Gasteiger partial charge in [-0.1, -0.05) is 0 Å². The highest BCUT2D eigenvalue weighted by molar-refractivity contribution is 5.52. The lowest BCUT2D eigenvalue weighted by molar-refractivity contribution is 1.11. The second kappa shape index (κ2) is 2.53. The molecule has 0 amide bonds. The third-order valence-corrected chi connectivity index (χ3v) is 2.02. The molecule has 0 bridgehead atoms. The lowest BCUT2D eigenvalue weighted by Gasteiger charge is -1.96. The molecule has 64 valence electrons. The number of hydrogen-bond acceptors (Lipinski definition) is 2. The molecule has 2 rings (SSSR count). The van der Waals surface area contributed by atoms with E-state index in [9.17, 15) is 0 Å². The van der Waals surface area contributed by atoms with E-state index in [1.807, 2.05) is 29.7 Å². The molecule has 0 fully saturated rings. The van der Waals surface area contributed by atoms with Crippen LogP contribution in [0.1, 0.15) is 11.4 Å². The predicted octanol–water partition coefficient (Wildman–Crippen LogP) is 1.21. The number of imidazole rings is 1. The van der Waals surface area contributed by atoms with Crippen molar-refractivity contribution in [3.63, 3.8) is 0 Å². The van der Waals surface area contributed by atoms with Crippen LogP contribution in [0.3, 0.4) is 0 Å². The molecule has 3 heteroatoms. The molecule has 0 radical (unpaired) electrons.